The zero-order valence-electron chi connectivity index (χ0n) is 20.5. The monoisotopic (exact) mass is 565 g/mol. The molecule has 0 bridgehead atoms. The maximum atomic E-state index is 14.1. The van der Waals surface area contributed by atoms with E-state index in [9.17, 15) is 19.1 Å². The molecule has 1 atom stereocenters. The van der Waals surface area contributed by atoms with Crippen molar-refractivity contribution in [3.63, 3.8) is 0 Å². The van der Waals surface area contributed by atoms with Crippen LogP contribution in [0.4, 0.5) is 9.18 Å². The normalized spacial score (nSPS) is 12.7. The molecule has 0 aliphatic carbocycles. The fourth-order valence-electron chi connectivity index (χ4n) is 4.33. The van der Waals surface area contributed by atoms with Gasteiger partial charge in [0.25, 0.3) is 5.56 Å². The molecule has 5 N–H and O–H groups in total. The first-order valence-corrected chi connectivity index (χ1v) is 12.6. The SMILES string of the molecule is CC(NC(=O)NCc1cc(Cl)ccc1F)(c1ccccc1)c1nc(-c2ccc3[nH]c(=O)cc(O)c3c2)c(Cl)[nH]1. The van der Waals surface area contributed by atoms with Gasteiger partial charge in [-0.1, -0.05) is 59.6 Å². The van der Waals surface area contributed by atoms with Crippen LogP contribution in [0.15, 0.2) is 77.6 Å². The number of aromatic nitrogens is 3. The van der Waals surface area contributed by atoms with E-state index in [1.807, 2.05) is 30.3 Å². The smallest absolute Gasteiger partial charge is 0.316 e. The highest BCUT2D eigenvalue weighted by Crippen LogP contribution is 2.35. The highest BCUT2D eigenvalue weighted by Gasteiger charge is 2.35. The number of rotatable bonds is 6. The first-order chi connectivity index (χ1) is 18.6. The van der Waals surface area contributed by atoms with Gasteiger partial charge in [-0.3, -0.25) is 4.79 Å². The molecule has 1 unspecified atom stereocenters. The van der Waals surface area contributed by atoms with Crippen LogP contribution in [0, 0.1) is 5.82 Å². The number of aromatic hydroxyl groups is 1. The first-order valence-electron chi connectivity index (χ1n) is 11.8. The predicted octanol–water partition coefficient (Wildman–Crippen LogP) is 5.83. The number of benzene rings is 3. The van der Waals surface area contributed by atoms with Crippen molar-refractivity contribution in [1.82, 2.24) is 25.6 Å². The molecule has 2 heterocycles. The maximum absolute atomic E-state index is 14.1. The Morgan fingerprint density at radius 3 is 2.59 bits per heavy atom. The number of amides is 2. The summed E-state index contributed by atoms with van der Waals surface area (Å²) in [5, 5.41) is 16.9. The van der Waals surface area contributed by atoms with Gasteiger partial charge in [-0.15, -0.1) is 0 Å². The van der Waals surface area contributed by atoms with E-state index < -0.39 is 22.9 Å². The number of nitrogens with one attached hydrogen (secondary N) is 4. The molecule has 0 aliphatic heterocycles. The van der Waals surface area contributed by atoms with Crippen LogP contribution in [0.3, 0.4) is 0 Å². The second kappa shape index (κ2) is 10.4. The number of nitrogens with zero attached hydrogens (tertiary/aromatic N) is 1. The van der Waals surface area contributed by atoms with Gasteiger partial charge in [-0.05, 0) is 42.8 Å². The van der Waals surface area contributed by atoms with Crippen molar-refractivity contribution in [1.29, 1.82) is 0 Å². The second-order valence-corrected chi connectivity index (χ2v) is 9.88. The lowest BCUT2D eigenvalue weighted by Gasteiger charge is -2.29. The topological polar surface area (TPSA) is 123 Å². The average Bonchev–Trinajstić information content (AvgIpc) is 3.31. The number of halogens is 3. The van der Waals surface area contributed by atoms with Crippen molar-refractivity contribution in [3.8, 4) is 17.0 Å². The number of hydrogen-bond donors (Lipinski definition) is 5. The lowest BCUT2D eigenvalue weighted by atomic mass is 9.91. The maximum Gasteiger partial charge on any atom is 0.316 e. The van der Waals surface area contributed by atoms with Crippen molar-refractivity contribution in [2.24, 2.45) is 0 Å². The highest BCUT2D eigenvalue weighted by molar-refractivity contribution is 6.32. The zero-order valence-corrected chi connectivity index (χ0v) is 22.0. The Hall–Kier alpha value is -4.34. The van der Waals surface area contributed by atoms with Crippen molar-refractivity contribution in [2.75, 3.05) is 0 Å². The van der Waals surface area contributed by atoms with Gasteiger partial charge >= 0.3 is 6.03 Å². The predicted molar refractivity (Wildman–Crippen MR) is 149 cm³/mol. The lowest BCUT2D eigenvalue weighted by Crippen LogP contribution is -2.49. The number of fused-ring (bicyclic) bond motifs is 1. The number of urea groups is 1. The van der Waals surface area contributed by atoms with Gasteiger partial charge in [0.15, 0.2) is 0 Å². The van der Waals surface area contributed by atoms with Crippen LogP contribution in [0.2, 0.25) is 10.2 Å². The van der Waals surface area contributed by atoms with Crippen LogP contribution in [0.25, 0.3) is 22.2 Å². The van der Waals surface area contributed by atoms with Crippen LogP contribution in [0.5, 0.6) is 5.75 Å². The molecule has 39 heavy (non-hydrogen) atoms. The largest absolute Gasteiger partial charge is 0.507 e. The van der Waals surface area contributed by atoms with Crippen molar-refractivity contribution in [2.45, 2.75) is 19.0 Å². The van der Waals surface area contributed by atoms with Gasteiger partial charge in [0.05, 0.1) is 5.52 Å². The number of aromatic amines is 2. The molecular weight excluding hydrogens is 544 g/mol. The summed E-state index contributed by atoms with van der Waals surface area (Å²) >= 11 is 12.5. The van der Waals surface area contributed by atoms with E-state index in [4.69, 9.17) is 28.2 Å². The minimum atomic E-state index is -1.18. The van der Waals surface area contributed by atoms with Gasteiger partial charge in [-0.25, -0.2) is 14.2 Å². The van der Waals surface area contributed by atoms with E-state index in [0.29, 0.717) is 38.6 Å². The summed E-state index contributed by atoms with van der Waals surface area (Å²) in [6.07, 6.45) is 0. The van der Waals surface area contributed by atoms with Crippen LogP contribution in [-0.4, -0.2) is 26.1 Å². The van der Waals surface area contributed by atoms with Crippen LogP contribution in [0.1, 0.15) is 23.9 Å². The molecule has 5 aromatic rings. The molecule has 2 aromatic heterocycles. The minimum absolute atomic E-state index is 0.0874. The van der Waals surface area contributed by atoms with Crippen molar-refractivity contribution in [3.05, 3.63) is 116 Å². The summed E-state index contributed by atoms with van der Waals surface area (Å²) in [4.78, 5) is 35.2. The average molecular weight is 566 g/mol. The summed E-state index contributed by atoms with van der Waals surface area (Å²) in [6, 6.07) is 18.8. The van der Waals surface area contributed by atoms with E-state index >= 15 is 0 Å². The summed E-state index contributed by atoms with van der Waals surface area (Å²) in [5.41, 5.74) is 0.763. The van der Waals surface area contributed by atoms with Gasteiger partial charge < -0.3 is 25.7 Å². The van der Waals surface area contributed by atoms with Gasteiger partial charge in [0.2, 0.25) is 0 Å². The molecule has 0 aliphatic rings. The van der Waals surface area contributed by atoms with E-state index in [1.54, 1.807) is 25.1 Å². The summed E-state index contributed by atoms with van der Waals surface area (Å²) in [5.74, 6) is -0.326. The molecule has 11 heteroatoms. The Morgan fingerprint density at radius 2 is 1.82 bits per heavy atom. The zero-order chi connectivity index (χ0) is 27.7. The van der Waals surface area contributed by atoms with Crippen LogP contribution < -0.4 is 16.2 Å². The molecule has 0 saturated heterocycles. The highest BCUT2D eigenvalue weighted by atomic mass is 35.5. The Morgan fingerprint density at radius 1 is 1.05 bits per heavy atom. The number of carbonyl (C=O) groups is 1. The molecule has 0 spiro atoms. The summed E-state index contributed by atoms with van der Waals surface area (Å²) in [6.45, 7) is 1.67. The number of hydrogen-bond acceptors (Lipinski definition) is 4. The van der Waals surface area contributed by atoms with Gasteiger partial charge in [0.1, 0.15) is 33.8 Å². The van der Waals surface area contributed by atoms with Crippen molar-refractivity contribution >= 4 is 40.1 Å². The molecule has 198 valence electrons. The molecular formula is C28H22Cl2FN5O3. The molecule has 0 radical (unpaired) electrons. The van der Waals surface area contributed by atoms with Crippen LogP contribution >= 0.6 is 23.2 Å². The number of carbonyl (C=O) groups excluding carboxylic acids is 1. The molecule has 2 amide bonds. The van der Waals surface area contributed by atoms with Gasteiger partial charge in [0, 0.05) is 34.1 Å². The Labute approximate surface area is 231 Å². The second-order valence-electron chi connectivity index (χ2n) is 9.06. The molecule has 0 saturated carbocycles. The van der Waals surface area contributed by atoms with Crippen molar-refractivity contribution < 1.29 is 14.3 Å². The third-order valence-corrected chi connectivity index (χ3v) is 6.90. The number of imidazole rings is 1. The Bertz CT molecular complexity index is 1760. The summed E-state index contributed by atoms with van der Waals surface area (Å²) < 4.78 is 14.1. The van der Waals surface area contributed by atoms with Gasteiger partial charge in [-0.2, -0.15) is 0 Å². The third kappa shape index (κ3) is 5.32. The molecule has 8 nitrogen and oxygen atoms in total. The van der Waals surface area contributed by atoms with E-state index in [1.165, 1.54) is 18.2 Å². The quantitative estimate of drug-likeness (QED) is 0.177. The summed E-state index contributed by atoms with van der Waals surface area (Å²) in [7, 11) is 0. The minimum Gasteiger partial charge on any atom is -0.507 e. The molecule has 5 rings (SSSR count). The number of H-pyrrole nitrogens is 2. The van der Waals surface area contributed by atoms with Crippen LogP contribution in [-0.2, 0) is 12.1 Å². The van der Waals surface area contributed by atoms with E-state index in [-0.39, 0.29) is 23.0 Å². The number of pyridine rings is 1. The first kappa shape index (κ1) is 26.3. The fraction of sp³-hybridized carbons (Fsp3) is 0.107. The Kier molecular flexibility index (Phi) is 7.03. The lowest BCUT2D eigenvalue weighted by molar-refractivity contribution is 0.230. The molecule has 0 fully saturated rings. The molecule has 3 aromatic carbocycles. The standard InChI is InChI=1S/C28H22Cl2FN5O3/c1-28(17-5-3-2-4-6-17,36-27(39)32-14-16-11-18(29)8-9-20(16)31)26-34-24(25(30)35-26)15-7-10-21-19(12-15)22(37)13-23(38)33-21/h2-13H,14H2,1H3,(H,34,35)(H2,32,36,39)(H2,33,37,38). The third-order valence-electron chi connectivity index (χ3n) is 6.39. The Balaban J connectivity index is 1.49. The fourth-order valence-corrected chi connectivity index (χ4v) is 4.76. The van der Waals surface area contributed by atoms with E-state index in [2.05, 4.69) is 20.6 Å². The van der Waals surface area contributed by atoms with E-state index in [0.717, 1.165) is 6.07 Å².